The van der Waals surface area contributed by atoms with Crippen LogP contribution in [0.4, 0.5) is 0 Å². The molecule has 18 heavy (non-hydrogen) atoms. The molecule has 0 saturated carbocycles. The number of halogens is 4. The van der Waals surface area contributed by atoms with Gasteiger partial charge in [-0.1, -0.05) is 46.6 Å². The minimum absolute atomic E-state index is 0. The molecule has 0 saturated heterocycles. The first kappa shape index (κ1) is 21.6. The third kappa shape index (κ3) is 3.68. The quantitative estimate of drug-likeness (QED) is 0.349. The van der Waals surface area contributed by atoms with Crippen LogP contribution in [0, 0.1) is 6.08 Å². The first-order valence-corrected chi connectivity index (χ1v) is 6.21. The van der Waals surface area contributed by atoms with E-state index < -0.39 is 0 Å². The zero-order chi connectivity index (χ0) is 9.71. The van der Waals surface area contributed by atoms with Crippen molar-refractivity contribution in [1.29, 1.82) is 0 Å². The Hall–Kier alpha value is 1.28. The standard InChI is InChI=1S/C12H8BrS.3ClH.Zr/c1-7-5-8-11(6-7)14-10-4-2-3-9(13)12(8)10;;;;/h2-4,6,11H,1H3;3*1H;/q-1;;;;+4/p-3. The number of benzene rings is 1. The van der Waals surface area contributed by atoms with E-state index in [0.717, 1.165) is 0 Å². The Morgan fingerprint density at radius 3 is 2.56 bits per heavy atom. The van der Waals surface area contributed by atoms with E-state index in [1.165, 1.54) is 26.1 Å². The van der Waals surface area contributed by atoms with Crippen molar-refractivity contribution in [1.82, 2.24) is 0 Å². The van der Waals surface area contributed by atoms with Crippen LogP contribution < -0.4 is 37.2 Å². The van der Waals surface area contributed by atoms with E-state index in [9.17, 15) is 0 Å². The summed E-state index contributed by atoms with van der Waals surface area (Å²) >= 11 is 5.53. The summed E-state index contributed by atoms with van der Waals surface area (Å²) in [6.45, 7) is 2.11. The third-order valence-corrected chi connectivity index (χ3v) is 4.40. The van der Waals surface area contributed by atoms with Gasteiger partial charge in [0.2, 0.25) is 0 Å². The molecule has 2 aliphatic rings. The van der Waals surface area contributed by atoms with Gasteiger partial charge >= 0.3 is 26.2 Å². The molecule has 0 nitrogen and oxygen atoms in total. The third-order valence-electron chi connectivity index (χ3n) is 2.52. The number of hydrogen-bond donors (Lipinski definition) is 0. The van der Waals surface area contributed by atoms with Gasteiger partial charge in [-0.2, -0.15) is 17.7 Å². The molecular formula is C12H8BrCl3SZr. The number of fused-ring (bicyclic) bond motifs is 3. The van der Waals surface area contributed by atoms with Crippen molar-refractivity contribution in [2.24, 2.45) is 0 Å². The molecule has 3 rings (SSSR count). The second-order valence-electron chi connectivity index (χ2n) is 3.54. The SMILES string of the molecule is CC1=CC2Sc3cccc(Br)c3C2=[C-]1.[Cl-].[Cl-].[Cl-].[Zr+4]. The molecule has 0 spiro atoms. The molecule has 0 amide bonds. The molecule has 1 aromatic carbocycles. The molecule has 1 aliphatic carbocycles. The Labute approximate surface area is 158 Å². The summed E-state index contributed by atoms with van der Waals surface area (Å²) < 4.78 is 1.19. The minimum atomic E-state index is 0. The maximum atomic E-state index is 3.61. The number of thioether (sulfide) groups is 1. The molecule has 1 aromatic rings. The van der Waals surface area contributed by atoms with Gasteiger partial charge in [-0.25, -0.2) is 0 Å². The first-order chi connectivity index (χ1) is 6.75. The summed E-state index contributed by atoms with van der Waals surface area (Å²) in [6, 6.07) is 6.37. The number of hydrogen-bond acceptors (Lipinski definition) is 1. The fourth-order valence-electron chi connectivity index (χ4n) is 1.93. The molecule has 0 fully saturated rings. The largest absolute Gasteiger partial charge is 4.00 e. The van der Waals surface area contributed by atoms with E-state index in [1.54, 1.807) is 0 Å². The summed E-state index contributed by atoms with van der Waals surface area (Å²) in [6.07, 6.45) is 5.72. The molecule has 0 N–H and O–H groups in total. The number of allylic oxidation sites excluding steroid dienone is 2. The van der Waals surface area contributed by atoms with Crippen molar-refractivity contribution in [2.45, 2.75) is 17.1 Å². The van der Waals surface area contributed by atoms with Crippen LogP contribution in [0.25, 0.3) is 5.57 Å². The molecule has 0 aromatic heterocycles. The van der Waals surface area contributed by atoms with Crippen LogP contribution in [0.1, 0.15) is 12.5 Å². The molecule has 1 unspecified atom stereocenters. The maximum Gasteiger partial charge on any atom is 4.00 e. The van der Waals surface area contributed by atoms with Crippen LogP contribution in [-0.4, -0.2) is 5.25 Å². The predicted molar refractivity (Wildman–Crippen MR) is 64.2 cm³/mol. The topological polar surface area (TPSA) is 0 Å². The van der Waals surface area contributed by atoms with Crippen LogP contribution in [-0.2, 0) is 26.2 Å². The van der Waals surface area contributed by atoms with Crippen molar-refractivity contribution in [2.75, 3.05) is 0 Å². The van der Waals surface area contributed by atoms with Crippen LogP contribution >= 0.6 is 27.7 Å². The van der Waals surface area contributed by atoms with Gasteiger partial charge in [-0.15, -0.1) is 17.3 Å². The van der Waals surface area contributed by atoms with Crippen molar-refractivity contribution >= 4 is 33.3 Å². The van der Waals surface area contributed by atoms with Gasteiger partial charge in [0.15, 0.2) is 0 Å². The average molecular weight is 462 g/mol. The summed E-state index contributed by atoms with van der Waals surface area (Å²) in [7, 11) is 0. The number of rotatable bonds is 0. The summed E-state index contributed by atoms with van der Waals surface area (Å²) in [4.78, 5) is 1.37. The van der Waals surface area contributed by atoms with Crippen LogP contribution in [0.3, 0.4) is 0 Å². The van der Waals surface area contributed by atoms with Gasteiger partial charge in [0.1, 0.15) is 0 Å². The van der Waals surface area contributed by atoms with Gasteiger partial charge in [0.25, 0.3) is 0 Å². The molecule has 1 atom stereocenters. The second-order valence-corrected chi connectivity index (χ2v) is 5.58. The first-order valence-electron chi connectivity index (χ1n) is 4.53. The van der Waals surface area contributed by atoms with Crippen LogP contribution in [0.5, 0.6) is 0 Å². The fourth-order valence-corrected chi connectivity index (χ4v) is 3.98. The van der Waals surface area contributed by atoms with Crippen molar-refractivity contribution in [3.05, 3.63) is 46.0 Å². The Balaban J connectivity index is 0. The Morgan fingerprint density at radius 2 is 1.89 bits per heavy atom. The fraction of sp³-hybridized carbons (Fsp3) is 0.167. The summed E-state index contributed by atoms with van der Waals surface area (Å²) in [5.41, 5.74) is 3.95. The molecule has 94 valence electrons. The average Bonchev–Trinajstić information content (AvgIpc) is 2.60. The monoisotopic (exact) mass is 458 g/mol. The molecular weight excluding hydrogens is 454 g/mol. The second kappa shape index (κ2) is 8.54. The molecule has 1 aliphatic heterocycles. The van der Waals surface area contributed by atoms with Gasteiger partial charge in [-0.05, 0) is 14.6 Å². The van der Waals surface area contributed by atoms with Crippen molar-refractivity contribution < 1.29 is 63.4 Å². The zero-order valence-corrected chi connectivity index (χ0v) is 16.4. The Morgan fingerprint density at radius 1 is 1.22 bits per heavy atom. The minimum Gasteiger partial charge on any atom is -1.00 e. The molecule has 1 heterocycles. The van der Waals surface area contributed by atoms with Gasteiger partial charge in [0.05, 0.1) is 0 Å². The molecule has 0 radical (unpaired) electrons. The normalized spacial score (nSPS) is 17.8. The van der Waals surface area contributed by atoms with Gasteiger partial charge in [-0.3, -0.25) is 0 Å². The molecule has 0 bridgehead atoms. The zero-order valence-electron chi connectivity index (χ0n) is 9.31. The van der Waals surface area contributed by atoms with E-state index in [4.69, 9.17) is 0 Å². The van der Waals surface area contributed by atoms with E-state index in [1.807, 2.05) is 11.8 Å². The van der Waals surface area contributed by atoms with E-state index in [0.29, 0.717) is 5.25 Å². The van der Waals surface area contributed by atoms with Crippen LogP contribution in [0.15, 0.2) is 39.2 Å². The predicted octanol–water partition coefficient (Wildman–Crippen LogP) is -4.92. The van der Waals surface area contributed by atoms with E-state index in [2.05, 4.69) is 53.2 Å². The summed E-state index contributed by atoms with van der Waals surface area (Å²) in [5.74, 6) is 0. The van der Waals surface area contributed by atoms with Gasteiger partial charge in [0, 0.05) is 0 Å². The summed E-state index contributed by atoms with van der Waals surface area (Å²) in [5, 5.41) is 0.503. The van der Waals surface area contributed by atoms with Crippen molar-refractivity contribution in [3.63, 3.8) is 0 Å². The molecule has 6 heteroatoms. The van der Waals surface area contributed by atoms with E-state index in [-0.39, 0.29) is 63.4 Å². The smallest absolute Gasteiger partial charge is 1.00 e. The maximum absolute atomic E-state index is 3.61. The Bertz CT molecular complexity index is 488. The Kier molecular flexibility index (Phi) is 10.2. The van der Waals surface area contributed by atoms with E-state index >= 15 is 0 Å². The van der Waals surface area contributed by atoms with Crippen molar-refractivity contribution in [3.8, 4) is 0 Å². The van der Waals surface area contributed by atoms with Crippen LogP contribution in [0.2, 0.25) is 0 Å². The van der Waals surface area contributed by atoms with Gasteiger partial charge < -0.3 is 37.2 Å².